The Hall–Kier alpha value is -1.42. The summed E-state index contributed by atoms with van der Waals surface area (Å²) in [4.78, 5) is 0. The summed E-state index contributed by atoms with van der Waals surface area (Å²) < 4.78 is 3.84. The van der Waals surface area contributed by atoms with Crippen LogP contribution in [-0.4, -0.2) is 15.6 Å². The molecule has 1 aromatic carbocycles. The number of fused-ring (bicyclic) bond motifs is 1. The molecule has 1 aliphatic rings. The molecule has 3 nitrogen and oxygen atoms in total. The summed E-state index contributed by atoms with van der Waals surface area (Å²) in [6, 6.07) is 9.14. The molecule has 0 amide bonds. The number of rotatable bonds is 2. The molecule has 0 spiro atoms. The van der Waals surface area contributed by atoms with Gasteiger partial charge in [0.25, 0.3) is 0 Å². The lowest BCUT2D eigenvalue weighted by Gasteiger charge is -2.09. The smallest absolute Gasteiger partial charge is 0.130 e. The van der Waals surface area contributed by atoms with E-state index in [9.17, 15) is 0 Å². The molecule has 4 heteroatoms. The summed E-state index contributed by atoms with van der Waals surface area (Å²) in [6.45, 7) is 0. The van der Waals surface area contributed by atoms with Crippen molar-refractivity contribution >= 4 is 16.5 Å². The quantitative estimate of drug-likeness (QED) is 0.837. The lowest BCUT2D eigenvalue weighted by atomic mass is 10.1. The monoisotopic (exact) mass is 217 g/mol. The zero-order chi connectivity index (χ0) is 10.1. The number of anilines is 1. The first kappa shape index (κ1) is 8.85. The minimum absolute atomic E-state index is 0.504. The summed E-state index contributed by atoms with van der Waals surface area (Å²) in [5.41, 5.74) is 2.93. The van der Waals surface area contributed by atoms with Crippen molar-refractivity contribution in [3.63, 3.8) is 0 Å². The first-order chi connectivity index (χ1) is 7.42. The van der Waals surface area contributed by atoms with Crippen LogP contribution in [0.5, 0.6) is 0 Å². The zero-order valence-corrected chi connectivity index (χ0v) is 9.00. The van der Waals surface area contributed by atoms with Gasteiger partial charge in [-0.05, 0) is 24.0 Å². The van der Waals surface area contributed by atoms with Crippen LogP contribution in [0.1, 0.15) is 11.1 Å². The molecule has 76 valence electrons. The Bertz CT molecular complexity index is 425. The van der Waals surface area contributed by atoms with E-state index in [2.05, 4.69) is 39.2 Å². The molecular weight excluding hydrogens is 206 g/mol. The minimum atomic E-state index is 0.504. The number of benzene rings is 1. The number of hydrogen-bond acceptors (Lipinski definition) is 4. The van der Waals surface area contributed by atoms with Crippen LogP contribution < -0.4 is 5.32 Å². The zero-order valence-electron chi connectivity index (χ0n) is 8.18. The Morgan fingerprint density at radius 1 is 1.20 bits per heavy atom. The summed E-state index contributed by atoms with van der Waals surface area (Å²) in [5.74, 6) is 0. The van der Waals surface area contributed by atoms with Gasteiger partial charge in [-0.25, -0.2) is 0 Å². The first-order valence-corrected chi connectivity index (χ1v) is 5.80. The molecule has 0 bridgehead atoms. The third-order valence-corrected chi connectivity index (χ3v) is 3.35. The predicted octanol–water partition coefficient (Wildman–Crippen LogP) is 2.12. The molecule has 0 atom stereocenters. The second kappa shape index (κ2) is 3.62. The van der Waals surface area contributed by atoms with Crippen LogP contribution in [0, 0.1) is 0 Å². The number of nitrogens with one attached hydrogen (secondary N) is 1. The molecule has 1 heterocycles. The maximum absolute atomic E-state index is 3.84. The fourth-order valence-electron chi connectivity index (χ4n) is 2.09. The summed E-state index contributed by atoms with van der Waals surface area (Å²) in [5, 5.41) is 8.34. The highest BCUT2D eigenvalue weighted by Gasteiger charge is 2.20. The van der Waals surface area contributed by atoms with Gasteiger partial charge in [-0.15, -0.1) is 5.10 Å². The van der Waals surface area contributed by atoms with Gasteiger partial charge >= 0.3 is 0 Å². The topological polar surface area (TPSA) is 37.8 Å². The van der Waals surface area contributed by atoms with E-state index >= 15 is 0 Å². The van der Waals surface area contributed by atoms with E-state index in [0.717, 1.165) is 17.8 Å². The Kier molecular flexibility index (Phi) is 2.14. The molecule has 0 saturated carbocycles. The van der Waals surface area contributed by atoms with Gasteiger partial charge in [0.05, 0.1) is 6.20 Å². The van der Waals surface area contributed by atoms with E-state index in [1.54, 1.807) is 6.20 Å². The van der Waals surface area contributed by atoms with Crippen LogP contribution in [0.15, 0.2) is 30.5 Å². The molecule has 0 fully saturated rings. The van der Waals surface area contributed by atoms with E-state index in [4.69, 9.17) is 0 Å². The number of nitrogens with zero attached hydrogens (tertiary/aromatic N) is 2. The largest absolute Gasteiger partial charge is 0.371 e. The van der Waals surface area contributed by atoms with Gasteiger partial charge in [0.1, 0.15) is 5.00 Å². The van der Waals surface area contributed by atoms with Gasteiger partial charge in [0, 0.05) is 17.6 Å². The molecule has 0 radical (unpaired) electrons. The van der Waals surface area contributed by atoms with Gasteiger partial charge in [0.15, 0.2) is 0 Å². The minimum Gasteiger partial charge on any atom is -0.371 e. The van der Waals surface area contributed by atoms with Gasteiger partial charge in [0.2, 0.25) is 0 Å². The van der Waals surface area contributed by atoms with E-state index in [1.165, 1.54) is 22.7 Å². The van der Waals surface area contributed by atoms with Crippen LogP contribution >= 0.6 is 11.5 Å². The summed E-state index contributed by atoms with van der Waals surface area (Å²) in [6.07, 6.45) is 4.00. The van der Waals surface area contributed by atoms with Crippen molar-refractivity contribution < 1.29 is 0 Å². The van der Waals surface area contributed by atoms with Crippen LogP contribution in [0.2, 0.25) is 0 Å². The highest BCUT2D eigenvalue weighted by molar-refractivity contribution is 7.09. The molecule has 2 aromatic rings. The van der Waals surface area contributed by atoms with Crippen LogP contribution in [0.4, 0.5) is 5.00 Å². The van der Waals surface area contributed by atoms with Crippen LogP contribution in [0.3, 0.4) is 0 Å². The maximum Gasteiger partial charge on any atom is 0.130 e. The molecule has 0 aliphatic heterocycles. The molecule has 1 aliphatic carbocycles. The maximum atomic E-state index is 3.84. The molecule has 15 heavy (non-hydrogen) atoms. The fraction of sp³-hybridized carbons (Fsp3) is 0.273. The van der Waals surface area contributed by atoms with Crippen molar-refractivity contribution in [1.82, 2.24) is 9.59 Å². The van der Waals surface area contributed by atoms with Crippen molar-refractivity contribution in [3.05, 3.63) is 41.6 Å². The molecule has 0 unspecified atom stereocenters. The van der Waals surface area contributed by atoms with E-state index in [0.29, 0.717) is 6.04 Å². The molecule has 3 rings (SSSR count). The Balaban J connectivity index is 1.74. The van der Waals surface area contributed by atoms with Gasteiger partial charge in [-0.1, -0.05) is 28.8 Å². The average Bonchev–Trinajstić information content (AvgIpc) is 2.86. The molecular formula is C11H11N3S. The number of aromatic nitrogens is 2. The van der Waals surface area contributed by atoms with E-state index < -0.39 is 0 Å². The third-order valence-electron chi connectivity index (χ3n) is 2.76. The van der Waals surface area contributed by atoms with Crippen molar-refractivity contribution in [3.8, 4) is 0 Å². The second-order valence-electron chi connectivity index (χ2n) is 3.80. The SMILES string of the molecule is c1ccc2c(c1)CC(Nc1cnns1)C2. The van der Waals surface area contributed by atoms with Crippen molar-refractivity contribution in [2.24, 2.45) is 0 Å². The summed E-state index contributed by atoms with van der Waals surface area (Å²) >= 11 is 1.42. The number of hydrogen-bond donors (Lipinski definition) is 1. The van der Waals surface area contributed by atoms with Crippen molar-refractivity contribution in [2.75, 3.05) is 5.32 Å². The van der Waals surface area contributed by atoms with E-state index in [1.807, 2.05) is 0 Å². The van der Waals surface area contributed by atoms with Gasteiger partial charge in [-0.2, -0.15) is 0 Å². The van der Waals surface area contributed by atoms with Crippen LogP contribution in [-0.2, 0) is 12.8 Å². The standard InChI is InChI=1S/C11H11N3S/c1-2-4-9-6-10(5-8(9)3-1)13-11-7-12-14-15-11/h1-4,7,10,13H,5-6H2. The Labute approximate surface area is 92.3 Å². The van der Waals surface area contributed by atoms with Crippen LogP contribution in [0.25, 0.3) is 0 Å². The fourth-order valence-corrected chi connectivity index (χ4v) is 2.59. The second-order valence-corrected chi connectivity index (χ2v) is 4.59. The van der Waals surface area contributed by atoms with E-state index in [-0.39, 0.29) is 0 Å². The Morgan fingerprint density at radius 3 is 2.53 bits per heavy atom. The molecule has 1 aromatic heterocycles. The lowest BCUT2D eigenvalue weighted by molar-refractivity contribution is 0.777. The summed E-state index contributed by atoms with van der Waals surface area (Å²) in [7, 11) is 0. The third kappa shape index (κ3) is 1.72. The molecule has 1 N–H and O–H groups in total. The predicted molar refractivity (Wildman–Crippen MR) is 61.2 cm³/mol. The van der Waals surface area contributed by atoms with Gasteiger partial charge in [-0.3, -0.25) is 0 Å². The van der Waals surface area contributed by atoms with Crippen molar-refractivity contribution in [1.29, 1.82) is 0 Å². The lowest BCUT2D eigenvalue weighted by Crippen LogP contribution is -2.18. The normalized spacial score (nSPS) is 15.2. The molecule has 0 saturated heterocycles. The average molecular weight is 217 g/mol. The highest BCUT2D eigenvalue weighted by Crippen LogP contribution is 2.24. The first-order valence-electron chi connectivity index (χ1n) is 5.02. The highest BCUT2D eigenvalue weighted by atomic mass is 32.1. The van der Waals surface area contributed by atoms with Gasteiger partial charge < -0.3 is 5.32 Å². The van der Waals surface area contributed by atoms with Crippen molar-refractivity contribution in [2.45, 2.75) is 18.9 Å². The Morgan fingerprint density at radius 2 is 1.93 bits per heavy atom.